The van der Waals surface area contributed by atoms with Crippen LogP contribution in [0.3, 0.4) is 0 Å². The molecule has 0 aliphatic carbocycles. The first-order chi connectivity index (χ1) is 20.5. The third kappa shape index (κ3) is 6.63. The fourth-order valence-corrected chi connectivity index (χ4v) is 7.15. The number of hydrogen-bond acceptors (Lipinski definition) is 5. The minimum Gasteiger partial charge on any atom is -0.497 e. The van der Waals surface area contributed by atoms with E-state index in [4.69, 9.17) is 14.1 Å². The maximum absolute atomic E-state index is 12.6. The number of benzene rings is 3. The van der Waals surface area contributed by atoms with E-state index in [0.717, 1.165) is 53.2 Å². The molecule has 0 spiro atoms. The van der Waals surface area contributed by atoms with Crippen LogP contribution in [0.5, 0.6) is 5.75 Å². The molecular weight excluding hydrogens is 549 g/mol. The van der Waals surface area contributed by atoms with E-state index >= 15 is 0 Å². The van der Waals surface area contributed by atoms with Crippen LogP contribution in [0.2, 0.25) is 18.1 Å². The van der Waals surface area contributed by atoms with Crippen molar-refractivity contribution in [3.05, 3.63) is 131 Å². The molecule has 1 N–H and O–H groups in total. The number of aliphatic hydroxyl groups is 1. The molecule has 3 aromatic carbocycles. The quantitative estimate of drug-likeness (QED) is 0.188. The molecule has 2 atom stereocenters. The second kappa shape index (κ2) is 12.7. The van der Waals surface area contributed by atoms with E-state index in [1.807, 2.05) is 78.9 Å². The zero-order valence-electron chi connectivity index (χ0n) is 26.5. The summed E-state index contributed by atoms with van der Waals surface area (Å²) in [6, 6.07) is 34.5. The van der Waals surface area contributed by atoms with Crippen molar-refractivity contribution in [2.24, 2.45) is 0 Å². The number of methoxy groups -OCH3 is 1. The molecule has 0 radical (unpaired) electrons. The number of hydrogen-bond donors (Lipinski definition) is 1. The molecule has 5 nitrogen and oxygen atoms in total. The average molecular weight is 595 g/mol. The predicted octanol–water partition coefficient (Wildman–Crippen LogP) is 8.10. The molecule has 2 heterocycles. The number of ether oxygens (including phenoxy) is 1. The second-order valence-electron chi connectivity index (χ2n) is 13.2. The third-order valence-corrected chi connectivity index (χ3v) is 13.8. The summed E-state index contributed by atoms with van der Waals surface area (Å²) in [6.07, 6.45) is 1.58. The summed E-state index contributed by atoms with van der Waals surface area (Å²) >= 11 is 0. The minimum absolute atomic E-state index is 0.0455. The van der Waals surface area contributed by atoms with Crippen LogP contribution in [0.1, 0.15) is 67.8 Å². The molecule has 0 bridgehead atoms. The molecule has 226 valence electrons. The lowest BCUT2D eigenvalue weighted by atomic mass is 9.79. The second-order valence-corrected chi connectivity index (χ2v) is 18.0. The van der Waals surface area contributed by atoms with Crippen molar-refractivity contribution in [1.29, 1.82) is 0 Å². The Morgan fingerprint density at radius 2 is 1.44 bits per heavy atom. The van der Waals surface area contributed by atoms with Crippen LogP contribution in [0.4, 0.5) is 0 Å². The minimum atomic E-state index is -2.15. The maximum atomic E-state index is 12.6. The summed E-state index contributed by atoms with van der Waals surface area (Å²) in [5.74, 6) is 0.761. The van der Waals surface area contributed by atoms with Crippen LogP contribution >= 0.6 is 0 Å². The number of rotatable bonds is 10. The average Bonchev–Trinajstić information content (AvgIpc) is 3.48. The Morgan fingerprint density at radius 3 is 1.98 bits per heavy atom. The van der Waals surface area contributed by atoms with Crippen molar-refractivity contribution in [2.75, 3.05) is 13.7 Å². The number of nitrogens with zero attached hydrogens (tertiary/aromatic N) is 2. The third-order valence-electron chi connectivity index (χ3n) is 9.34. The van der Waals surface area contributed by atoms with Gasteiger partial charge >= 0.3 is 0 Å². The molecule has 0 saturated carbocycles. The fraction of sp³-hybridized carbons (Fsp3) is 0.378. The molecule has 4 aromatic rings. The molecule has 1 fully saturated rings. The molecule has 6 heteroatoms. The van der Waals surface area contributed by atoms with Gasteiger partial charge in [0.05, 0.1) is 18.5 Å². The Bertz CT molecular complexity index is 1430. The lowest BCUT2D eigenvalue weighted by Gasteiger charge is -2.40. The normalized spacial score (nSPS) is 17.1. The van der Waals surface area contributed by atoms with Gasteiger partial charge in [-0.25, -0.2) is 0 Å². The van der Waals surface area contributed by atoms with E-state index in [1.54, 1.807) is 7.11 Å². The maximum Gasteiger partial charge on any atom is 0.193 e. The highest BCUT2D eigenvalue weighted by Gasteiger charge is 2.45. The lowest BCUT2D eigenvalue weighted by Crippen LogP contribution is -2.48. The van der Waals surface area contributed by atoms with Crippen molar-refractivity contribution >= 4 is 8.32 Å². The van der Waals surface area contributed by atoms with E-state index in [-0.39, 0.29) is 17.2 Å². The van der Waals surface area contributed by atoms with Crippen LogP contribution in [0.15, 0.2) is 103 Å². The first-order valence-corrected chi connectivity index (χ1v) is 18.3. The molecule has 0 amide bonds. The lowest BCUT2D eigenvalue weighted by molar-refractivity contribution is -0.00694. The molecule has 5 rings (SSSR count). The summed E-state index contributed by atoms with van der Waals surface area (Å²) < 4.78 is 12.9. The van der Waals surface area contributed by atoms with E-state index < -0.39 is 13.9 Å². The van der Waals surface area contributed by atoms with Crippen molar-refractivity contribution < 1.29 is 14.3 Å². The van der Waals surface area contributed by atoms with Crippen molar-refractivity contribution in [2.45, 2.75) is 76.0 Å². The molecule has 1 saturated heterocycles. The molecule has 1 aliphatic rings. The van der Waals surface area contributed by atoms with Gasteiger partial charge in [-0.05, 0) is 54.2 Å². The summed E-state index contributed by atoms with van der Waals surface area (Å²) in [4.78, 5) is 7.63. The van der Waals surface area contributed by atoms with E-state index in [1.165, 1.54) is 0 Å². The summed E-state index contributed by atoms with van der Waals surface area (Å²) in [7, 11) is -0.444. The number of pyridine rings is 1. The Kier molecular flexibility index (Phi) is 9.23. The Labute approximate surface area is 258 Å². The van der Waals surface area contributed by atoms with E-state index in [2.05, 4.69) is 63.0 Å². The Balaban J connectivity index is 1.53. The van der Waals surface area contributed by atoms with Crippen molar-refractivity contribution in [3.8, 4) is 5.75 Å². The van der Waals surface area contributed by atoms with Gasteiger partial charge in [0.2, 0.25) is 0 Å². The van der Waals surface area contributed by atoms with Gasteiger partial charge in [0.15, 0.2) is 8.32 Å². The summed E-state index contributed by atoms with van der Waals surface area (Å²) in [5.41, 5.74) is 3.50. The smallest absolute Gasteiger partial charge is 0.193 e. The Hall–Kier alpha value is -3.29. The zero-order valence-corrected chi connectivity index (χ0v) is 27.5. The first kappa shape index (κ1) is 31.1. The van der Waals surface area contributed by atoms with Crippen LogP contribution in [0, 0.1) is 0 Å². The topological polar surface area (TPSA) is 54.8 Å². The summed E-state index contributed by atoms with van der Waals surface area (Å²) in [5, 5.41) is 12.6. The van der Waals surface area contributed by atoms with Gasteiger partial charge in [-0.3, -0.25) is 9.88 Å². The highest BCUT2D eigenvalue weighted by atomic mass is 28.4. The van der Waals surface area contributed by atoms with E-state index in [9.17, 15) is 5.11 Å². The molecule has 43 heavy (non-hydrogen) atoms. The molecular formula is C37H46N2O3Si. The first-order valence-electron chi connectivity index (χ1n) is 15.4. The highest BCUT2D eigenvalue weighted by molar-refractivity contribution is 6.74. The van der Waals surface area contributed by atoms with Gasteiger partial charge in [0, 0.05) is 24.7 Å². The number of aromatic nitrogens is 1. The van der Waals surface area contributed by atoms with Crippen molar-refractivity contribution in [3.63, 3.8) is 0 Å². The van der Waals surface area contributed by atoms with Gasteiger partial charge in [0.1, 0.15) is 17.5 Å². The van der Waals surface area contributed by atoms with E-state index in [0.29, 0.717) is 6.54 Å². The number of likely N-dealkylation sites (tertiary alicyclic amines) is 1. The van der Waals surface area contributed by atoms with Gasteiger partial charge in [-0.1, -0.05) is 112 Å². The van der Waals surface area contributed by atoms with Crippen LogP contribution < -0.4 is 4.74 Å². The molecule has 0 unspecified atom stereocenters. The van der Waals surface area contributed by atoms with Gasteiger partial charge < -0.3 is 14.3 Å². The van der Waals surface area contributed by atoms with Gasteiger partial charge in [0.25, 0.3) is 0 Å². The largest absolute Gasteiger partial charge is 0.497 e. The zero-order chi connectivity index (χ0) is 30.7. The van der Waals surface area contributed by atoms with Gasteiger partial charge in [-0.2, -0.15) is 0 Å². The Morgan fingerprint density at radius 1 is 0.884 bits per heavy atom. The summed E-state index contributed by atoms with van der Waals surface area (Å²) in [6.45, 7) is 12.8. The van der Waals surface area contributed by atoms with Crippen LogP contribution in [-0.4, -0.2) is 43.0 Å². The van der Waals surface area contributed by atoms with Crippen molar-refractivity contribution in [1.82, 2.24) is 9.88 Å². The SMILES string of the molecule is COc1cc(CN2CCC[C@H]2C(O)(c2ccccc2)c2ccccc2)nc([C@H](O[Si](C)(C)C(C)(C)C)c2ccccc2)c1. The fourth-order valence-electron chi connectivity index (χ4n) is 5.95. The van der Waals surface area contributed by atoms with Crippen LogP contribution in [-0.2, 0) is 16.6 Å². The van der Waals surface area contributed by atoms with Gasteiger partial charge in [-0.15, -0.1) is 0 Å². The van der Waals surface area contributed by atoms with Crippen LogP contribution in [0.25, 0.3) is 0 Å². The molecule has 1 aromatic heterocycles. The predicted molar refractivity (Wildman–Crippen MR) is 177 cm³/mol. The molecule has 1 aliphatic heterocycles. The highest BCUT2D eigenvalue weighted by Crippen LogP contribution is 2.43. The standard InChI is InChI=1S/C37H46N2O3Si/c1-36(2,3)43(5,6)42-35(28-17-10-7-11-18-28)33-26-32(41-4)25-31(38-33)27-39-24-16-23-34(39)37(40,29-19-12-8-13-20-29)30-21-14-9-15-22-30/h7-15,17-22,25-26,34-35,40H,16,23-24,27H2,1-6H3/t34-,35+/m0/s1. The monoisotopic (exact) mass is 594 g/mol.